The van der Waals surface area contributed by atoms with Gasteiger partial charge in [-0.05, 0) is 37.9 Å². The number of rotatable bonds is 2. The third kappa shape index (κ3) is 1.95. The molecule has 4 aromatic rings. The van der Waals surface area contributed by atoms with Gasteiger partial charge < -0.3 is 0 Å². The van der Waals surface area contributed by atoms with Gasteiger partial charge in [0.1, 0.15) is 5.75 Å². The number of hydrogen-bond acceptors (Lipinski definition) is 2. The van der Waals surface area contributed by atoms with Crippen molar-refractivity contribution in [2.75, 3.05) is 0 Å². The molecule has 0 unspecified atom stereocenters. The lowest BCUT2D eigenvalue weighted by Crippen LogP contribution is -2.02. The second-order valence-electron chi connectivity index (χ2n) is 5.31. The lowest BCUT2D eigenvalue weighted by molar-refractivity contribution is 0.482. The van der Waals surface area contributed by atoms with Gasteiger partial charge in [-0.15, -0.1) is 0 Å². The Hall–Kier alpha value is -2.17. The van der Waals surface area contributed by atoms with Crippen LogP contribution in [0.3, 0.4) is 0 Å². The van der Waals surface area contributed by atoms with E-state index in [9.17, 15) is 8.42 Å². The third-order valence-corrected chi connectivity index (χ3v) is 4.63. The Bertz CT molecular complexity index is 1070. The molecule has 0 aliphatic rings. The molecule has 0 saturated heterocycles. The standard InChI is InChI=1S/C17H12O3S/c18-21(19,20)10-14-7-6-13-5-4-11-2-1-3-12-8-9-15(14)17(13)16(11)12/h1-9H,10H2,(H,18,19,20). The van der Waals surface area contributed by atoms with E-state index in [1.807, 2.05) is 30.3 Å². The highest BCUT2D eigenvalue weighted by Crippen LogP contribution is 2.36. The third-order valence-electron chi connectivity index (χ3n) is 3.96. The first-order valence-corrected chi connectivity index (χ1v) is 8.24. The second-order valence-corrected chi connectivity index (χ2v) is 6.76. The first-order valence-electron chi connectivity index (χ1n) is 6.63. The molecule has 0 aromatic heterocycles. The van der Waals surface area contributed by atoms with Gasteiger partial charge in [-0.1, -0.05) is 54.6 Å². The van der Waals surface area contributed by atoms with E-state index in [1.165, 1.54) is 0 Å². The molecule has 0 saturated carbocycles. The van der Waals surface area contributed by atoms with Crippen LogP contribution in [-0.2, 0) is 15.9 Å². The fourth-order valence-electron chi connectivity index (χ4n) is 3.12. The molecule has 21 heavy (non-hydrogen) atoms. The SMILES string of the molecule is O=S(=O)(O)Cc1ccc2ccc3cccc4ccc1c2c34. The van der Waals surface area contributed by atoms with Gasteiger partial charge in [-0.25, -0.2) is 0 Å². The van der Waals surface area contributed by atoms with Crippen LogP contribution in [0.5, 0.6) is 0 Å². The average Bonchev–Trinajstić information content (AvgIpc) is 2.45. The van der Waals surface area contributed by atoms with Crippen molar-refractivity contribution in [1.29, 1.82) is 0 Å². The van der Waals surface area contributed by atoms with Crippen LogP contribution in [0.15, 0.2) is 54.6 Å². The van der Waals surface area contributed by atoms with Crippen LogP contribution in [0.2, 0.25) is 0 Å². The van der Waals surface area contributed by atoms with Crippen LogP contribution >= 0.6 is 0 Å². The minimum atomic E-state index is -4.04. The van der Waals surface area contributed by atoms with Gasteiger partial charge in [0, 0.05) is 0 Å². The van der Waals surface area contributed by atoms with Crippen molar-refractivity contribution in [2.24, 2.45) is 0 Å². The van der Waals surface area contributed by atoms with Crippen molar-refractivity contribution < 1.29 is 13.0 Å². The Morgan fingerprint density at radius 3 is 2.00 bits per heavy atom. The first kappa shape index (κ1) is 12.6. The minimum Gasteiger partial charge on any atom is -0.285 e. The van der Waals surface area contributed by atoms with Crippen molar-refractivity contribution in [3.8, 4) is 0 Å². The van der Waals surface area contributed by atoms with E-state index in [0.29, 0.717) is 5.56 Å². The molecule has 104 valence electrons. The summed E-state index contributed by atoms with van der Waals surface area (Å²) in [6, 6.07) is 17.9. The van der Waals surface area contributed by atoms with Crippen LogP contribution in [0, 0.1) is 0 Å². The van der Waals surface area contributed by atoms with Crippen LogP contribution < -0.4 is 0 Å². The van der Waals surface area contributed by atoms with E-state index in [-0.39, 0.29) is 5.75 Å². The molecule has 0 amide bonds. The molecule has 0 bridgehead atoms. The predicted molar refractivity (Wildman–Crippen MR) is 85.4 cm³/mol. The van der Waals surface area contributed by atoms with Crippen molar-refractivity contribution in [3.63, 3.8) is 0 Å². The van der Waals surface area contributed by atoms with E-state index in [0.717, 1.165) is 32.3 Å². The summed E-state index contributed by atoms with van der Waals surface area (Å²) in [4.78, 5) is 0. The van der Waals surface area contributed by atoms with Crippen LogP contribution in [0.1, 0.15) is 5.56 Å². The highest BCUT2D eigenvalue weighted by atomic mass is 32.2. The molecular weight excluding hydrogens is 284 g/mol. The topological polar surface area (TPSA) is 54.4 Å². The van der Waals surface area contributed by atoms with E-state index in [1.54, 1.807) is 6.07 Å². The molecular formula is C17H12O3S. The smallest absolute Gasteiger partial charge is 0.269 e. The van der Waals surface area contributed by atoms with Crippen molar-refractivity contribution in [2.45, 2.75) is 5.75 Å². The Kier molecular flexibility index (Phi) is 2.49. The van der Waals surface area contributed by atoms with E-state index >= 15 is 0 Å². The highest BCUT2D eigenvalue weighted by Gasteiger charge is 2.14. The lowest BCUT2D eigenvalue weighted by atomic mass is 9.92. The average molecular weight is 296 g/mol. The van der Waals surface area contributed by atoms with Gasteiger partial charge in [0.25, 0.3) is 10.1 Å². The molecule has 0 fully saturated rings. The normalized spacial score (nSPS) is 12.6. The maximum Gasteiger partial charge on any atom is 0.269 e. The number of hydrogen-bond donors (Lipinski definition) is 1. The molecule has 0 aliphatic carbocycles. The molecule has 0 heterocycles. The summed E-state index contributed by atoms with van der Waals surface area (Å²) in [5.74, 6) is -0.360. The fraction of sp³-hybridized carbons (Fsp3) is 0.0588. The first-order chi connectivity index (χ1) is 10.0. The van der Waals surface area contributed by atoms with Crippen molar-refractivity contribution in [3.05, 3.63) is 60.2 Å². The van der Waals surface area contributed by atoms with Gasteiger partial charge in [0.2, 0.25) is 0 Å². The van der Waals surface area contributed by atoms with Crippen molar-refractivity contribution in [1.82, 2.24) is 0 Å². The van der Waals surface area contributed by atoms with Gasteiger partial charge in [-0.2, -0.15) is 8.42 Å². The minimum absolute atomic E-state index is 0.360. The van der Waals surface area contributed by atoms with Gasteiger partial charge in [-0.3, -0.25) is 4.55 Å². The van der Waals surface area contributed by atoms with E-state index in [2.05, 4.69) is 18.2 Å². The Morgan fingerprint density at radius 1 is 0.762 bits per heavy atom. The fourth-order valence-corrected chi connectivity index (χ4v) is 3.76. The molecule has 1 N–H and O–H groups in total. The Morgan fingerprint density at radius 2 is 1.33 bits per heavy atom. The quantitative estimate of drug-likeness (QED) is 0.450. The summed E-state index contributed by atoms with van der Waals surface area (Å²) < 4.78 is 31.6. The van der Waals surface area contributed by atoms with Crippen molar-refractivity contribution >= 4 is 42.4 Å². The van der Waals surface area contributed by atoms with Gasteiger partial charge >= 0.3 is 0 Å². The summed E-state index contributed by atoms with van der Waals surface area (Å²) in [5, 5.41) is 6.43. The second kappa shape index (κ2) is 4.16. The molecule has 0 spiro atoms. The highest BCUT2D eigenvalue weighted by molar-refractivity contribution is 7.85. The summed E-state index contributed by atoms with van der Waals surface area (Å²) in [5.41, 5.74) is 0.628. The summed E-state index contributed by atoms with van der Waals surface area (Å²) >= 11 is 0. The largest absolute Gasteiger partial charge is 0.285 e. The maximum absolute atomic E-state index is 11.2. The van der Waals surface area contributed by atoms with Crippen LogP contribution in [-0.4, -0.2) is 13.0 Å². The van der Waals surface area contributed by atoms with Gasteiger partial charge in [0.15, 0.2) is 0 Å². The summed E-state index contributed by atoms with van der Waals surface area (Å²) in [6.07, 6.45) is 0. The zero-order chi connectivity index (χ0) is 14.6. The monoisotopic (exact) mass is 296 g/mol. The molecule has 3 nitrogen and oxygen atoms in total. The Labute approximate surface area is 121 Å². The van der Waals surface area contributed by atoms with Crippen LogP contribution in [0.4, 0.5) is 0 Å². The zero-order valence-electron chi connectivity index (χ0n) is 11.1. The summed E-state index contributed by atoms with van der Waals surface area (Å²) in [7, 11) is -4.04. The predicted octanol–water partition coefficient (Wildman–Crippen LogP) is 3.97. The molecule has 4 heteroatoms. The summed E-state index contributed by atoms with van der Waals surface area (Å²) in [6.45, 7) is 0. The zero-order valence-corrected chi connectivity index (χ0v) is 11.9. The Balaban J connectivity index is 2.20. The van der Waals surface area contributed by atoms with E-state index < -0.39 is 10.1 Å². The van der Waals surface area contributed by atoms with E-state index in [4.69, 9.17) is 4.55 Å². The lowest BCUT2D eigenvalue weighted by Gasteiger charge is -2.13. The molecule has 0 aliphatic heterocycles. The maximum atomic E-state index is 11.2. The van der Waals surface area contributed by atoms with Gasteiger partial charge in [0.05, 0.1) is 0 Å². The van der Waals surface area contributed by atoms with Crippen LogP contribution in [0.25, 0.3) is 32.3 Å². The molecule has 4 rings (SSSR count). The number of benzene rings is 4. The molecule has 4 aromatic carbocycles. The molecule has 0 radical (unpaired) electrons. The molecule has 0 atom stereocenters.